The molecule has 0 aliphatic heterocycles. The first-order valence-corrected chi connectivity index (χ1v) is 6.93. The molecule has 2 aromatic rings. The molecule has 0 saturated carbocycles. The van der Waals surface area contributed by atoms with Crippen molar-refractivity contribution in [1.29, 1.82) is 0 Å². The lowest BCUT2D eigenvalue weighted by Gasteiger charge is -2.15. The zero-order valence-electron chi connectivity index (χ0n) is 12.0. The van der Waals surface area contributed by atoms with Gasteiger partial charge in [-0.1, -0.05) is 13.8 Å². The molecule has 1 N–H and O–H groups in total. The van der Waals surface area contributed by atoms with Crippen LogP contribution in [0.3, 0.4) is 0 Å². The Balaban J connectivity index is 2.36. The molecule has 0 atom stereocenters. The van der Waals surface area contributed by atoms with Crippen molar-refractivity contribution >= 4 is 16.8 Å². The third kappa shape index (κ3) is 2.95. The SMILES string of the molecule is CCC(CC)NC(=O)c1cc2ccc(F)cc2nc1C. The Bertz CT molecular complexity index is 636. The average molecular weight is 274 g/mol. The molecular weight excluding hydrogens is 255 g/mol. The number of aromatic nitrogens is 1. The van der Waals surface area contributed by atoms with Gasteiger partial charge in [0, 0.05) is 17.5 Å². The third-order valence-electron chi connectivity index (χ3n) is 3.54. The van der Waals surface area contributed by atoms with Gasteiger partial charge in [0.15, 0.2) is 0 Å². The third-order valence-corrected chi connectivity index (χ3v) is 3.54. The maximum Gasteiger partial charge on any atom is 0.253 e. The highest BCUT2D eigenvalue weighted by atomic mass is 19.1. The van der Waals surface area contributed by atoms with Gasteiger partial charge in [0.05, 0.1) is 16.8 Å². The average Bonchev–Trinajstić information content (AvgIpc) is 2.43. The Hall–Kier alpha value is -1.97. The minimum absolute atomic E-state index is 0.116. The molecule has 1 heterocycles. The number of nitrogens with zero attached hydrogens (tertiary/aromatic N) is 1. The smallest absolute Gasteiger partial charge is 0.253 e. The number of hydrogen-bond acceptors (Lipinski definition) is 2. The minimum atomic E-state index is -0.321. The number of halogens is 1. The first kappa shape index (κ1) is 14.4. The van der Waals surface area contributed by atoms with E-state index in [2.05, 4.69) is 10.3 Å². The van der Waals surface area contributed by atoms with Gasteiger partial charge in [0.25, 0.3) is 5.91 Å². The zero-order chi connectivity index (χ0) is 14.7. The van der Waals surface area contributed by atoms with Crippen LogP contribution in [-0.4, -0.2) is 16.9 Å². The molecule has 1 aromatic carbocycles. The highest BCUT2D eigenvalue weighted by Gasteiger charge is 2.14. The molecule has 0 aliphatic rings. The van der Waals surface area contributed by atoms with E-state index in [9.17, 15) is 9.18 Å². The summed E-state index contributed by atoms with van der Waals surface area (Å²) in [5.74, 6) is -0.437. The van der Waals surface area contributed by atoms with Crippen molar-refractivity contribution in [2.24, 2.45) is 0 Å². The Morgan fingerprint density at radius 3 is 2.65 bits per heavy atom. The van der Waals surface area contributed by atoms with Crippen LogP contribution in [0.15, 0.2) is 24.3 Å². The summed E-state index contributed by atoms with van der Waals surface area (Å²) in [6, 6.07) is 6.35. The van der Waals surface area contributed by atoms with E-state index in [1.807, 2.05) is 13.8 Å². The van der Waals surface area contributed by atoms with E-state index in [0.717, 1.165) is 18.2 Å². The number of aryl methyl sites for hydroxylation is 1. The first-order valence-electron chi connectivity index (χ1n) is 6.93. The molecule has 1 aromatic heterocycles. The van der Waals surface area contributed by atoms with Crippen molar-refractivity contribution in [2.75, 3.05) is 0 Å². The summed E-state index contributed by atoms with van der Waals surface area (Å²) in [4.78, 5) is 16.6. The van der Waals surface area contributed by atoms with Gasteiger partial charge in [-0.05, 0) is 38.0 Å². The van der Waals surface area contributed by atoms with E-state index < -0.39 is 0 Å². The molecule has 0 saturated heterocycles. The molecule has 20 heavy (non-hydrogen) atoms. The van der Waals surface area contributed by atoms with Crippen LogP contribution in [0.5, 0.6) is 0 Å². The Morgan fingerprint density at radius 1 is 1.30 bits per heavy atom. The standard InChI is InChI=1S/C16H19FN2O/c1-4-13(5-2)19-16(20)14-8-11-6-7-12(17)9-15(11)18-10(14)3/h6-9,13H,4-5H2,1-3H3,(H,19,20). The van der Waals surface area contributed by atoms with Crippen molar-refractivity contribution in [3.63, 3.8) is 0 Å². The molecule has 2 rings (SSSR count). The number of nitrogens with one attached hydrogen (secondary N) is 1. The van der Waals surface area contributed by atoms with Crippen molar-refractivity contribution in [3.8, 4) is 0 Å². The molecule has 4 heteroatoms. The minimum Gasteiger partial charge on any atom is -0.349 e. The van der Waals surface area contributed by atoms with Gasteiger partial charge in [0.2, 0.25) is 0 Å². The molecule has 0 bridgehead atoms. The summed E-state index contributed by atoms with van der Waals surface area (Å²) >= 11 is 0. The molecule has 0 radical (unpaired) electrons. The lowest BCUT2D eigenvalue weighted by Crippen LogP contribution is -2.34. The van der Waals surface area contributed by atoms with E-state index in [4.69, 9.17) is 0 Å². The number of rotatable bonds is 4. The molecule has 106 valence electrons. The van der Waals surface area contributed by atoms with Crippen molar-refractivity contribution in [2.45, 2.75) is 39.7 Å². The predicted octanol–water partition coefficient (Wildman–Crippen LogP) is 3.60. The Kier molecular flexibility index (Phi) is 4.32. The van der Waals surface area contributed by atoms with Crippen LogP contribution in [0.25, 0.3) is 10.9 Å². The van der Waals surface area contributed by atoms with E-state index >= 15 is 0 Å². The van der Waals surface area contributed by atoms with Gasteiger partial charge < -0.3 is 5.32 Å². The van der Waals surface area contributed by atoms with Crippen LogP contribution in [0.2, 0.25) is 0 Å². The fourth-order valence-electron chi connectivity index (χ4n) is 2.22. The fourth-order valence-corrected chi connectivity index (χ4v) is 2.22. The molecule has 0 fully saturated rings. The summed E-state index contributed by atoms with van der Waals surface area (Å²) in [6.07, 6.45) is 1.79. The summed E-state index contributed by atoms with van der Waals surface area (Å²) in [7, 11) is 0. The maximum atomic E-state index is 13.2. The molecule has 0 spiro atoms. The van der Waals surface area contributed by atoms with Crippen LogP contribution < -0.4 is 5.32 Å². The first-order chi connectivity index (χ1) is 9.55. The highest BCUT2D eigenvalue weighted by Crippen LogP contribution is 2.18. The predicted molar refractivity (Wildman–Crippen MR) is 78.3 cm³/mol. The quantitative estimate of drug-likeness (QED) is 0.925. The lowest BCUT2D eigenvalue weighted by molar-refractivity contribution is 0.0934. The van der Waals surface area contributed by atoms with Gasteiger partial charge in [-0.2, -0.15) is 0 Å². The van der Waals surface area contributed by atoms with Crippen molar-refractivity contribution < 1.29 is 9.18 Å². The van der Waals surface area contributed by atoms with Gasteiger partial charge in [-0.15, -0.1) is 0 Å². The maximum absolute atomic E-state index is 13.2. The van der Waals surface area contributed by atoms with Crippen LogP contribution in [-0.2, 0) is 0 Å². The number of benzene rings is 1. The zero-order valence-corrected chi connectivity index (χ0v) is 12.0. The summed E-state index contributed by atoms with van der Waals surface area (Å²) in [5.41, 5.74) is 1.74. The van der Waals surface area contributed by atoms with Crippen LogP contribution in [0.4, 0.5) is 4.39 Å². The number of carbonyl (C=O) groups is 1. The largest absolute Gasteiger partial charge is 0.349 e. The topological polar surface area (TPSA) is 42.0 Å². The number of carbonyl (C=O) groups excluding carboxylic acids is 1. The Labute approximate surface area is 118 Å². The highest BCUT2D eigenvalue weighted by molar-refractivity contribution is 5.98. The lowest BCUT2D eigenvalue weighted by atomic mass is 10.1. The van der Waals surface area contributed by atoms with Gasteiger partial charge in [0.1, 0.15) is 5.82 Å². The van der Waals surface area contributed by atoms with Gasteiger partial charge in [-0.25, -0.2) is 4.39 Å². The second-order valence-electron chi connectivity index (χ2n) is 4.95. The monoisotopic (exact) mass is 274 g/mol. The van der Waals surface area contributed by atoms with Crippen molar-refractivity contribution in [1.82, 2.24) is 10.3 Å². The Morgan fingerprint density at radius 2 is 2.00 bits per heavy atom. The van der Waals surface area contributed by atoms with E-state index in [1.54, 1.807) is 19.1 Å². The second-order valence-corrected chi connectivity index (χ2v) is 4.95. The summed E-state index contributed by atoms with van der Waals surface area (Å²) < 4.78 is 13.2. The van der Waals surface area contributed by atoms with Gasteiger partial charge >= 0.3 is 0 Å². The molecular formula is C16H19FN2O. The molecule has 1 amide bonds. The summed E-state index contributed by atoms with van der Waals surface area (Å²) in [6.45, 7) is 5.86. The van der Waals surface area contributed by atoms with E-state index in [1.165, 1.54) is 12.1 Å². The molecule has 3 nitrogen and oxygen atoms in total. The number of pyridine rings is 1. The van der Waals surface area contributed by atoms with Gasteiger partial charge in [-0.3, -0.25) is 9.78 Å². The normalized spacial score (nSPS) is 11.1. The van der Waals surface area contributed by atoms with Crippen molar-refractivity contribution in [3.05, 3.63) is 41.3 Å². The van der Waals surface area contributed by atoms with E-state index in [0.29, 0.717) is 16.8 Å². The number of hydrogen-bond donors (Lipinski definition) is 1. The van der Waals surface area contributed by atoms with E-state index in [-0.39, 0.29) is 17.8 Å². The number of fused-ring (bicyclic) bond motifs is 1. The molecule has 0 aliphatic carbocycles. The van der Waals surface area contributed by atoms with Crippen LogP contribution in [0.1, 0.15) is 42.7 Å². The summed E-state index contributed by atoms with van der Waals surface area (Å²) in [5, 5.41) is 3.77. The fraction of sp³-hybridized carbons (Fsp3) is 0.375. The molecule has 0 unspecified atom stereocenters. The van der Waals surface area contributed by atoms with Crippen LogP contribution >= 0.6 is 0 Å². The number of amides is 1. The second kappa shape index (κ2) is 5.99. The van der Waals surface area contributed by atoms with Crippen LogP contribution in [0, 0.1) is 12.7 Å².